The predicted molar refractivity (Wildman–Crippen MR) is 72.2 cm³/mol. The van der Waals surface area contributed by atoms with E-state index in [0.29, 0.717) is 0 Å². The summed E-state index contributed by atoms with van der Waals surface area (Å²) >= 11 is 0. The molecule has 0 aliphatic carbocycles. The lowest BCUT2D eigenvalue weighted by Crippen LogP contribution is -2.18. The third-order valence-electron chi connectivity index (χ3n) is 2.89. The van der Waals surface area contributed by atoms with Crippen LogP contribution in [0.15, 0.2) is 23.2 Å². The number of benzene rings is 1. The number of nitrogens with zero attached hydrogens (tertiary/aromatic N) is 1. The van der Waals surface area contributed by atoms with Gasteiger partial charge in [-0.2, -0.15) is 5.10 Å². The predicted octanol–water partition coefficient (Wildman–Crippen LogP) is 1.66. The molecular formula is C12H12FN3O4S. The van der Waals surface area contributed by atoms with Crippen molar-refractivity contribution < 1.29 is 22.7 Å². The summed E-state index contributed by atoms with van der Waals surface area (Å²) in [7, 11) is -4.14. The number of carboxylic acid groups (broad SMARTS) is 1. The minimum absolute atomic E-state index is 0.181. The molecule has 7 nitrogen and oxygen atoms in total. The number of hydrogen-bond donors (Lipinski definition) is 3. The van der Waals surface area contributed by atoms with Crippen LogP contribution >= 0.6 is 0 Å². The summed E-state index contributed by atoms with van der Waals surface area (Å²) in [6, 6.07) is 2.27. The van der Waals surface area contributed by atoms with Crippen molar-refractivity contribution in [3.63, 3.8) is 0 Å². The first-order chi connectivity index (χ1) is 9.74. The Hall–Kier alpha value is -2.42. The lowest BCUT2D eigenvalue weighted by atomic mass is 10.1. The number of aromatic carboxylic acids is 1. The summed E-state index contributed by atoms with van der Waals surface area (Å²) in [5, 5.41) is 15.2. The Labute approximate surface area is 119 Å². The highest BCUT2D eigenvalue weighted by atomic mass is 32.2. The molecule has 1 aromatic carbocycles. The monoisotopic (exact) mass is 313 g/mol. The number of nitrogens with one attached hydrogen (secondary N) is 2. The molecule has 0 spiro atoms. The van der Waals surface area contributed by atoms with Gasteiger partial charge in [0.25, 0.3) is 10.0 Å². The zero-order chi connectivity index (χ0) is 15.8. The van der Waals surface area contributed by atoms with Gasteiger partial charge in [-0.25, -0.2) is 17.6 Å². The molecule has 0 saturated carbocycles. The van der Waals surface area contributed by atoms with Gasteiger partial charge in [-0.1, -0.05) is 6.07 Å². The van der Waals surface area contributed by atoms with E-state index in [1.807, 2.05) is 4.72 Å². The topological polar surface area (TPSA) is 112 Å². The SMILES string of the molecule is Cc1ccc(F)c(NS(=O)(=O)c2cn[nH]c2C)c1C(=O)O. The van der Waals surface area contributed by atoms with Crippen molar-refractivity contribution in [3.05, 3.63) is 41.0 Å². The highest BCUT2D eigenvalue weighted by Crippen LogP contribution is 2.26. The molecule has 112 valence electrons. The van der Waals surface area contributed by atoms with Gasteiger partial charge in [0.15, 0.2) is 0 Å². The number of aryl methyl sites for hydroxylation is 2. The Kier molecular flexibility index (Phi) is 3.69. The van der Waals surface area contributed by atoms with Crippen LogP contribution in [0, 0.1) is 19.7 Å². The molecule has 21 heavy (non-hydrogen) atoms. The van der Waals surface area contributed by atoms with Gasteiger partial charge in [-0.15, -0.1) is 0 Å². The summed E-state index contributed by atoms with van der Waals surface area (Å²) in [5.74, 6) is -2.39. The molecule has 9 heteroatoms. The number of halogens is 1. The standard InChI is InChI=1S/C12H12FN3O4S/c1-6-3-4-8(13)11(10(6)12(17)18)16-21(19,20)9-5-14-15-7(9)2/h3-5,16H,1-2H3,(H,14,15)(H,17,18). The Morgan fingerprint density at radius 2 is 2.05 bits per heavy atom. The average Bonchev–Trinajstić information content (AvgIpc) is 2.80. The second kappa shape index (κ2) is 5.17. The van der Waals surface area contributed by atoms with Crippen LogP contribution in [0.1, 0.15) is 21.6 Å². The molecule has 2 aromatic rings. The van der Waals surface area contributed by atoms with Crippen LogP contribution in [0.3, 0.4) is 0 Å². The van der Waals surface area contributed by atoms with Crippen LogP contribution < -0.4 is 4.72 Å². The van der Waals surface area contributed by atoms with Crippen LogP contribution in [-0.4, -0.2) is 29.7 Å². The maximum atomic E-state index is 13.8. The summed E-state index contributed by atoms with van der Waals surface area (Å²) < 4.78 is 40.2. The highest BCUT2D eigenvalue weighted by Gasteiger charge is 2.25. The number of hydrogen-bond acceptors (Lipinski definition) is 4. The Balaban J connectivity index is 2.57. The molecule has 0 radical (unpaired) electrons. The third kappa shape index (κ3) is 2.72. The zero-order valence-corrected chi connectivity index (χ0v) is 12.0. The fourth-order valence-corrected chi connectivity index (χ4v) is 3.08. The maximum absolute atomic E-state index is 13.8. The Bertz CT molecular complexity index is 814. The minimum atomic E-state index is -4.14. The fraction of sp³-hybridized carbons (Fsp3) is 0.167. The Morgan fingerprint density at radius 1 is 1.38 bits per heavy atom. The smallest absolute Gasteiger partial charge is 0.338 e. The van der Waals surface area contributed by atoms with E-state index in [-0.39, 0.29) is 16.2 Å². The van der Waals surface area contributed by atoms with Crippen LogP contribution in [-0.2, 0) is 10.0 Å². The van der Waals surface area contributed by atoms with E-state index in [9.17, 15) is 17.6 Å². The average molecular weight is 313 g/mol. The maximum Gasteiger partial charge on any atom is 0.338 e. The molecule has 0 fully saturated rings. The molecule has 3 N–H and O–H groups in total. The van der Waals surface area contributed by atoms with E-state index in [1.54, 1.807) is 0 Å². The molecule has 0 amide bonds. The second-order valence-corrected chi connectivity index (χ2v) is 6.04. The first kappa shape index (κ1) is 15.0. The number of sulfonamides is 1. The largest absolute Gasteiger partial charge is 0.478 e. The van der Waals surface area contributed by atoms with Crippen LogP contribution in [0.2, 0.25) is 0 Å². The lowest BCUT2D eigenvalue weighted by Gasteiger charge is -2.12. The molecule has 0 saturated heterocycles. The van der Waals surface area contributed by atoms with Gasteiger partial charge in [-0.3, -0.25) is 9.82 Å². The van der Waals surface area contributed by atoms with Gasteiger partial charge < -0.3 is 5.11 Å². The number of H-pyrrole nitrogens is 1. The van der Waals surface area contributed by atoms with Crippen molar-refractivity contribution in [1.29, 1.82) is 0 Å². The zero-order valence-electron chi connectivity index (χ0n) is 11.1. The molecule has 0 aliphatic heterocycles. The fourth-order valence-electron chi connectivity index (χ4n) is 1.86. The summed E-state index contributed by atoms with van der Waals surface area (Å²) in [6.07, 6.45) is 1.06. The molecule has 2 rings (SSSR count). The van der Waals surface area contributed by atoms with Crippen LogP contribution in [0.25, 0.3) is 0 Å². The van der Waals surface area contributed by atoms with E-state index in [4.69, 9.17) is 5.11 Å². The van der Waals surface area contributed by atoms with Gasteiger partial charge in [-0.05, 0) is 25.5 Å². The van der Waals surface area contributed by atoms with Crippen molar-refractivity contribution in [2.45, 2.75) is 18.7 Å². The molecular weight excluding hydrogens is 301 g/mol. The minimum Gasteiger partial charge on any atom is -0.478 e. The van der Waals surface area contributed by atoms with Crippen molar-refractivity contribution in [2.24, 2.45) is 0 Å². The first-order valence-corrected chi connectivity index (χ1v) is 7.27. The first-order valence-electron chi connectivity index (χ1n) is 5.79. The number of aromatic nitrogens is 2. The van der Waals surface area contributed by atoms with E-state index in [2.05, 4.69) is 10.2 Å². The van der Waals surface area contributed by atoms with Crippen molar-refractivity contribution in [1.82, 2.24) is 10.2 Å². The summed E-state index contributed by atoms with van der Waals surface area (Å²) in [4.78, 5) is 11.0. The van der Waals surface area contributed by atoms with E-state index in [0.717, 1.165) is 12.3 Å². The molecule has 0 atom stereocenters. The van der Waals surface area contributed by atoms with Crippen molar-refractivity contribution in [3.8, 4) is 0 Å². The van der Waals surface area contributed by atoms with Gasteiger partial charge in [0, 0.05) is 0 Å². The number of carbonyl (C=O) groups is 1. The van der Waals surface area contributed by atoms with Gasteiger partial charge in [0.05, 0.1) is 23.1 Å². The van der Waals surface area contributed by atoms with Crippen LogP contribution in [0.4, 0.5) is 10.1 Å². The molecule has 0 unspecified atom stereocenters. The number of aromatic amines is 1. The van der Waals surface area contributed by atoms with Crippen LogP contribution in [0.5, 0.6) is 0 Å². The quantitative estimate of drug-likeness (QED) is 0.794. The molecule has 0 bridgehead atoms. The van der Waals surface area contributed by atoms with E-state index >= 15 is 0 Å². The molecule has 1 heterocycles. The van der Waals surface area contributed by atoms with Gasteiger partial charge in [0.2, 0.25) is 0 Å². The Morgan fingerprint density at radius 3 is 2.57 bits per heavy atom. The highest BCUT2D eigenvalue weighted by molar-refractivity contribution is 7.92. The van der Waals surface area contributed by atoms with E-state index in [1.165, 1.54) is 19.9 Å². The second-order valence-electron chi connectivity index (χ2n) is 4.38. The normalized spacial score (nSPS) is 11.4. The van der Waals surface area contributed by atoms with Crippen molar-refractivity contribution in [2.75, 3.05) is 4.72 Å². The van der Waals surface area contributed by atoms with Gasteiger partial charge in [0.1, 0.15) is 10.7 Å². The molecule has 0 aliphatic rings. The number of anilines is 1. The third-order valence-corrected chi connectivity index (χ3v) is 4.35. The number of carboxylic acids is 1. The van der Waals surface area contributed by atoms with E-state index < -0.39 is 33.1 Å². The molecule has 1 aromatic heterocycles. The van der Waals surface area contributed by atoms with Crippen molar-refractivity contribution >= 4 is 21.7 Å². The number of rotatable bonds is 4. The summed E-state index contributed by atoms with van der Waals surface area (Å²) in [6.45, 7) is 2.93. The lowest BCUT2D eigenvalue weighted by molar-refractivity contribution is 0.0697. The summed E-state index contributed by atoms with van der Waals surface area (Å²) in [5.41, 5.74) is -0.527. The van der Waals surface area contributed by atoms with Gasteiger partial charge >= 0.3 is 5.97 Å².